The second-order valence-electron chi connectivity index (χ2n) is 7.42. The zero-order valence-corrected chi connectivity index (χ0v) is 15.1. The van der Waals surface area contributed by atoms with E-state index in [0.29, 0.717) is 23.0 Å². The molecule has 0 spiro atoms. The number of methoxy groups -OCH3 is 1. The summed E-state index contributed by atoms with van der Waals surface area (Å²) in [5.41, 5.74) is 6.17. The maximum Gasteiger partial charge on any atom is 0.258 e. The minimum atomic E-state index is -0.320. The summed E-state index contributed by atoms with van der Waals surface area (Å²) < 4.78 is 5.10. The molecule has 0 bridgehead atoms. The first kappa shape index (κ1) is 18.8. The van der Waals surface area contributed by atoms with Gasteiger partial charge in [0.05, 0.1) is 18.3 Å². The number of rotatable bonds is 2. The average Bonchev–Trinajstić information content (AvgIpc) is 2.34. The highest BCUT2D eigenvalue weighted by molar-refractivity contribution is 6.06. The van der Waals surface area contributed by atoms with Gasteiger partial charge < -0.3 is 15.8 Å². The fourth-order valence-electron chi connectivity index (χ4n) is 1.83. The molecule has 0 aliphatic carbocycles. The first-order valence-corrected chi connectivity index (χ1v) is 7.54. The highest BCUT2D eigenvalue weighted by Gasteiger charge is 2.19. The molecule has 0 radical (unpaired) electrons. The van der Waals surface area contributed by atoms with Crippen LogP contribution in [0.1, 0.15) is 51.9 Å². The number of ether oxygens (including phenoxy) is 1. The number of nitrogens with two attached hydrogens (primary N) is 1. The largest absolute Gasteiger partial charge is 0.495 e. The van der Waals surface area contributed by atoms with Crippen molar-refractivity contribution in [3.05, 3.63) is 23.8 Å². The number of carbonyl (C=O) groups is 1. The average molecular weight is 320 g/mol. The molecule has 1 aromatic carbocycles. The lowest BCUT2D eigenvalue weighted by atomic mass is 10.1. The second-order valence-corrected chi connectivity index (χ2v) is 7.42. The molecule has 0 aromatic heterocycles. The summed E-state index contributed by atoms with van der Waals surface area (Å²) in [4.78, 5) is 17.0. The van der Waals surface area contributed by atoms with Gasteiger partial charge in [-0.05, 0) is 59.7 Å². The fourth-order valence-corrected chi connectivity index (χ4v) is 1.83. The Labute approximate surface area is 138 Å². The van der Waals surface area contributed by atoms with Crippen LogP contribution in [0.4, 0.5) is 5.69 Å². The van der Waals surface area contributed by atoms with Crippen molar-refractivity contribution in [3.8, 4) is 5.75 Å². The smallest absolute Gasteiger partial charge is 0.258 e. The molecule has 23 heavy (non-hydrogen) atoms. The molecule has 0 heterocycles. The van der Waals surface area contributed by atoms with E-state index in [1.807, 2.05) is 41.5 Å². The highest BCUT2D eigenvalue weighted by atomic mass is 16.5. The van der Waals surface area contributed by atoms with E-state index in [0.717, 1.165) is 0 Å². The van der Waals surface area contributed by atoms with Gasteiger partial charge in [-0.1, -0.05) is 0 Å². The molecule has 0 unspecified atom stereocenters. The van der Waals surface area contributed by atoms with Crippen LogP contribution in [-0.2, 0) is 0 Å². The number of amides is 1. The summed E-state index contributed by atoms with van der Waals surface area (Å²) >= 11 is 0. The minimum Gasteiger partial charge on any atom is -0.495 e. The van der Waals surface area contributed by atoms with Crippen molar-refractivity contribution in [2.75, 3.05) is 12.8 Å². The predicted molar refractivity (Wildman–Crippen MR) is 94.9 cm³/mol. The van der Waals surface area contributed by atoms with E-state index in [9.17, 15) is 4.79 Å². The van der Waals surface area contributed by atoms with Crippen LogP contribution in [-0.4, -0.2) is 30.1 Å². The highest BCUT2D eigenvalue weighted by Crippen LogP contribution is 2.21. The van der Waals surface area contributed by atoms with Gasteiger partial charge in [-0.2, -0.15) is 0 Å². The number of nitrogens with zero attached hydrogens (tertiary/aromatic N) is 1. The number of nitrogen functional groups attached to an aromatic ring is 1. The van der Waals surface area contributed by atoms with E-state index in [4.69, 9.17) is 10.5 Å². The Morgan fingerprint density at radius 1 is 1.17 bits per heavy atom. The third kappa shape index (κ3) is 6.59. The van der Waals surface area contributed by atoms with Crippen LogP contribution < -0.4 is 21.1 Å². The number of anilines is 1. The Hall–Kier alpha value is -2.24. The Kier molecular flexibility index (Phi) is 5.64. The van der Waals surface area contributed by atoms with Crippen molar-refractivity contribution in [1.29, 1.82) is 0 Å². The lowest BCUT2D eigenvalue weighted by Gasteiger charge is -2.26. The Balaban J connectivity index is 3.01. The van der Waals surface area contributed by atoms with Crippen molar-refractivity contribution in [1.82, 2.24) is 10.6 Å². The maximum absolute atomic E-state index is 12.5. The maximum atomic E-state index is 12.5. The van der Waals surface area contributed by atoms with Crippen molar-refractivity contribution < 1.29 is 9.53 Å². The van der Waals surface area contributed by atoms with E-state index in [1.165, 1.54) is 7.11 Å². The van der Waals surface area contributed by atoms with Gasteiger partial charge in [0.1, 0.15) is 5.75 Å². The Bertz CT molecular complexity index is 596. The molecule has 1 amide bonds. The normalized spacial score (nSPS) is 12.7. The number of benzene rings is 1. The van der Waals surface area contributed by atoms with Crippen LogP contribution >= 0.6 is 0 Å². The monoisotopic (exact) mass is 320 g/mol. The molecule has 6 nitrogen and oxygen atoms in total. The van der Waals surface area contributed by atoms with Crippen molar-refractivity contribution >= 4 is 17.6 Å². The quantitative estimate of drug-likeness (QED) is 0.444. The molecule has 0 aliphatic heterocycles. The van der Waals surface area contributed by atoms with Gasteiger partial charge in [0, 0.05) is 11.1 Å². The Morgan fingerprint density at radius 2 is 1.78 bits per heavy atom. The van der Waals surface area contributed by atoms with Crippen LogP contribution in [0.25, 0.3) is 0 Å². The van der Waals surface area contributed by atoms with E-state index in [1.54, 1.807) is 18.2 Å². The van der Waals surface area contributed by atoms with E-state index >= 15 is 0 Å². The SMILES string of the molecule is COc1ccc(C(=O)NC(=NC(C)(C)C)NC(C)(C)C)cc1N. The lowest BCUT2D eigenvalue weighted by Crippen LogP contribution is -2.50. The topological polar surface area (TPSA) is 88.7 Å². The number of carbonyl (C=O) groups excluding carboxylic acids is 1. The molecular weight excluding hydrogens is 292 g/mol. The van der Waals surface area contributed by atoms with Crippen molar-refractivity contribution in [3.63, 3.8) is 0 Å². The molecule has 1 rings (SSSR count). The summed E-state index contributed by atoms with van der Waals surface area (Å²) in [5.74, 6) is 0.696. The summed E-state index contributed by atoms with van der Waals surface area (Å²) in [5, 5.41) is 6.03. The summed E-state index contributed by atoms with van der Waals surface area (Å²) in [6, 6.07) is 4.91. The van der Waals surface area contributed by atoms with Gasteiger partial charge in [-0.15, -0.1) is 0 Å². The molecule has 0 fully saturated rings. The van der Waals surface area contributed by atoms with Gasteiger partial charge in [0.2, 0.25) is 0 Å². The van der Waals surface area contributed by atoms with Crippen LogP contribution in [0.3, 0.4) is 0 Å². The molecule has 0 saturated carbocycles. The van der Waals surface area contributed by atoms with Gasteiger partial charge >= 0.3 is 0 Å². The van der Waals surface area contributed by atoms with Crippen LogP contribution in [0.15, 0.2) is 23.2 Å². The molecule has 0 saturated heterocycles. The molecular formula is C17H28N4O2. The van der Waals surface area contributed by atoms with Crippen LogP contribution in [0.2, 0.25) is 0 Å². The molecule has 0 atom stereocenters. The third-order valence-corrected chi connectivity index (χ3v) is 2.66. The fraction of sp³-hybridized carbons (Fsp3) is 0.529. The van der Waals surface area contributed by atoms with E-state index in [2.05, 4.69) is 15.6 Å². The van der Waals surface area contributed by atoms with E-state index in [-0.39, 0.29) is 17.0 Å². The minimum absolute atomic E-state index is 0.226. The molecule has 4 N–H and O–H groups in total. The number of hydrogen-bond donors (Lipinski definition) is 3. The predicted octanol–water partition coefficient (Wildman–Crippen LogP) is 2.55. The second kappa shape index (κ2) is 6.89. The van der Waals surface area contributed by atoms with Crippen LogP contribution in [0, 0.1) is 0 Å². The van der Waals surface area contributed by atoms with Gasteiger partial charge in [-0.3, -0.25) is 10.1 Å². The zero-order chi connectivity index (χ0) is 17.8. The standard InChI is InChI=1S/C17H28N4O2/c1-16(2,3)20-15(21-17(4,5)6)19-14(22)11-8-9-13(23-7)12(18)10-11/h8-10H,18H2,1-7H3,(H2,19,20,21,22). The van der Waals surface area contributed by atoms with Gasteiger partial charge in [0.25, 0.3) is 5.91 Å². The van der Waals surface area contributed by atoms with E-state index < -0.39 is 0 Å². The zero-order valence-electron chi connectivity index (χ0n) is 15.1. The molecule has 0 aliphatic rings. The summed E-state index contributed by atoms with van der Waals surface area (Å²) in [6.45, 7) is 11.9. The van der Waals surface area contributed by atoms with Gasteiger partial charge in [-0.25, -0.2) is 4.99 Å². The number of nitrogens with one attached hydrogen (secondary N) is 2. The summed E-state index contributed by atoms with van der Waals surface area (Å²) in [6.07, 6.45) is 0. The number of hydrogen-bond acceptors (Lipinski definition) is 4. The molecule has 1 aromatic rings. The van der Waals surface area contributed by atoms with Crippen molar-refractivity contribution in [2.45, 2.75) is 52.6 Å². The number of guanidine groups is 1. The Morgan fingerprint density at radius 3 is 2.22 bits per heavy atom. The van der Waals surface area contributed by atoms with Crippen LogP contribution in [0.5, 0.6) is 5.75 Å². The van der Waals surface area contributed by atoms with Crippen molar-refractivity contribution in [2.24, 2.45) is 4.99 Å². The first-order chi connectivity index (χ1) is 10.4. The first-order valence-electron chi connectivity index (χ1n) is 7.54. The van der Waals surface area contributed by atoms with Gasteiger partial charge in [0.15, 0.2) is 5.96 Å². The third-order valence-electron chi connectivity index (χ3n) is 2.66. The number of aliphatic imine (C=N–C) groups is 1. The summed E-state index contributed by atoms with van der Waals surface area (Å²) in [7, 11) is 1.53. The molecule has 128 valence electrons. The molecule has 6 heteroatoms. The lowest BCUT2D eigenvalue weighted by molar-refractivity contribution is 0.0975.